The standard InChI is InChI=1S/C16H12Cl3F3N2O3S/c1-28(26,27)24(12-5-10(18)4-11(19)6-12)8-15(25)23-14-3-2-9(17)7-13(14)16(20,21)22/h2-7H,8H2,1H3,(H,23,25). The van der Waals surface area contributed by atoms with E-state index in [2.05, 4.69) is 5.32 Å². The molecule has 0 saturated heterocycles. The average Bonchev–Trinajstić information content (AvgIpc) is 2.51. The van der Waals surface area contributed by atoms with E-state index in [9.17, 15) is 26.4 Å². The highest BCUT2D eigenvalue weighted by molar-refractivity contribution is 7.92. The van der Waals surface area contributed by atoms with Gasteiger partial charge in [-0.15, -0.1) is 0 Å². The summed E-state index contributed by atoms with van der Waals surface area (Å²) in [4.78, 5) is 12.3. The van der Waals surface area contributed by atoms with Gasteiger partial charge >= 0.3 is 6.18 Å². The molecular formula is C16H12Cl3F3N2O3S. The Labute approximate surface area is 174 Å². The Bertz CT molecular complexity index is 994. The summed E-state index contributed by atoms with van der Waals surface area (Å²) in [5, 5.41) is 2.12. The van der Waals surface area contributed by atoms with Gasteiger partial charge in [0.1, 0.15) is 6.54 Å². The Morgan fingerprint density at radius 2 is 1.61 bits per heavy atom. The SMILES string of the molecule is CS(=O)(=O)N(CC(=O)Nc1ccc(Cl)cc1C(F)(F)F)c1cc(Cl)cc(Cl)c1. The van der Waals surface area contributed by atoms with Crippen LogP contribution < -0.4 is 9.62 Å². The van der Waals surface area contributed by atoms with Crippen LogP contribution in [-0.4, -0.2) is 27.1 Å². The Morgan fingerprint density at radius 1 is 1.04 bits per heavy atom. The zero-order valence-corrected chi connectivity index (χ0v) is 17.1. The molecule has 0 atom stereocenters. The van der Waals surface area contributed by atoms with Crippen molar-refractivity contribution in [1.82, 2.24) is 0 Å². The second kappa shape index (κ2) is 8.36. The smallest absolute Gasteiger partial charge is 0.324 e. The predicted octanol–water partition coefficient (Wildman–Crippen LogP) is 5.07. The van der Waals surface area contributed by atoms with Gasteiger partial charge in [-0.1, -0.05) is 34.8 Å². The number of nitrogens with zero attached hydrogens (tertiary/aromatic N) is 1. The van der Waals surface area contributed by atoms with E-state index in [1.54, 1.807) is 0 Å². The highest BCUT2D eigenvalue weighted by Crippen LogP contribution is 2.36. The van der Waals surface area contributed by atoms with Crippen molar-refractivity contribution in [1.29, 1.82) is 0 Å². The van der Waals surface area contributed by atoms with Gasteiger partial charge in [-0.3, -0.25) is 9.10 Å². The Hall–Kier alpha value is -1.68. The van der Waals surface area contributed by atoms with E-state index in [0.29, 0.717) is 10.4 Å². The number of alkyl halides is 3. The summed E-state index contributed by atoms with van der Waals surface area (Å²) in [6, 6.07) is 6.66. The van der Waals surface area contributed by atoms with Crippen LogP contribution >= 0.6 is 34.8 Å². The molecule has 2 aromatic carbocycles. The average molecular weight is 476 g/mol. The molecule has 2 rings (SSSR count). The van der Waals surface area contributed by atoms with E-state index in [-0.39, 0.29) is 20.8 Å². The number of carbonyl (C=O) groups excluding carboxylic acids is 1. The fraction of sp³-hybridized carbons (Fsp3) is 0.188. The molecule has 28 heavy (non-hydrogen) atoms. The van der Waals surface area contributed by atoms with E-state index in [0.717, 1.165) is 18.4 Å². The third kappa shape index (κ3) is 5.91. The summed E-state index contributed by atoms with van der Waals surface area (Å²) in [5.41, 5.74) is -1.73. The number of amides is 1. The number of hydrogen-bond acceptors (Lipinski definition) is 3. The molecule has 0 aliphatic rings. The van der Waals surface area contributed by atoms with E-state index in [4.69, 9.17) is 34.8 Å². The summed E-state index contributed by atoms with van der Waals surface area (Å²) >= 11 is 17.3. The van der Waals surface area contributed by atoms with Gasteiger partial charge in [-0.2, -0.15) is 13.2 Å². The Balaban J connectivity index is 2.34. The first-order valence-electron chi connectivity index (χ1n) is 7.38. The van der Waals surface area contributed by atoms with Crippen LogP contribution in [0.1, 0.15) is 5.56 Å². The van der Waals surface area contributed by atoms with Gasteiger partial charge in [0.2, 0.25) is 15.9 Å². The molecule has 0 radical (unpaired) electrons. The third-order valence-corrected chi connectivity index (χ3v) is 5.20. The zero-order valence-electron chi connectivity index (χ0n) is 14.0. The summed E-state index contributed by atoms with van der Waals surface area (Å²) < 4.78 is 64.2. The van der Waals surface area contributed by atoms with Crippen molar-refractivity contribution in [2.24, 2.45) is 0 Å². The van der Waals surface area contributed by atoms with Gasteiger partial charge in [0.25, 0.3) is 0 Å². The highest BCUT2D eigenvalue weighted by Gasteiger charge is 2.34. The summed E-state index contributed by atoms with van der Waals surface area (Å²) in [6.45, 7) is -0.796. The quantitative estimate of drug-likeness (QED) is 0.656. The number of anilines is 2. The molecular weight excluding hydrogens is 464 g/mol. The van der Waals surface area contributed by atoms with Crippen molar-refractivity contribution in [2.45, 2.75) is 6.18 Å². The maximum atomic E-state index is 13.1. The molecule has 0 spiro atoms. The molecule has 152 valence electrons. The van der Waals surface area contributed by atoms with Crippen LogP contribution in [0.3, 0.4) is 0 Å². The molecule has 2 aromatic rings. The minimum Gasteiger partial charge on any atom is -0.324 e. The van der Waals surface area contributed by atoms with Gasteiger partial charge in [-0.05, 0) is 36.4 Å². The minimum absolute atomic E-state index is 0.0118. The van der Waals surface area contributed by atoms with Crippen molar-refractivity contribution >= 4 is 62.1 Å². The Morgan fingerprint density at radius 3 is 2.11 bits per heavy atom. The first-order valence-corrected chi connectivity index (χ1v) is 10.4. The third-order valence-electron chi connectivity index (χ3n) is 3.38. The number of benzene rings is 2. The topological polar surface area (TPSA) is 66.5 Å². The van der Waals surface area contributed by atoms with Gasteiger partial charge < -0.3 is 5.32 Å². The van der Waals surface area contributed by atoms with Crippen LogP contribution in [0.2, 0.25) is 15.1 Å². The summed E-state index contributed by atoms with van der Waals surface area (Å²) in [5.74, 6) is -1.01. The molecule has 0 aromatic heterocycles. The molecule has 5 nitrogen and oxygen atoms in total. The lowest BCUT2D eigenvalue weighted by Gasteiger charge is -2.23. The Kier molecular flexibility index (Phi) is 6.75. The van der Waals surface area contributed by atoms with Gasteiger partial charge in [0.15, 0.2) is 0 Å². The first-order chi connectivity index (χ1) is 12.8. The fourth-order valence-electron chi connectivity index (χ4n) is 2.26. The minimum atomic E-state index is -4.77. The number of halogens is 6. The van der Waals surface area contributed by atoms with Crippen LogP contribution in [0.4, 0.5) is 24.5 Å². The molecule has 0 aliphatic heterocycles. The number of rotatable bonds is 5. The maximum Gasteiger partial charge on any atom is 0.418 e. The van der Waals surface area contributed by atoms with Crippen molar-refractivity contribution < 1.29 is 26.4 Å². The normalized spacial score (nSPS) is 12.0. The molecule has 0 saturated carbocycles. The van der Waals surface area contributed by atoms with Crippen molar-refractivity contribution in [3.8, 4) is 0 Å². The molecule has 0 fully saturated rings. The fourth-order valence-corrected chi connectivity index (χ4v) is 3.79. The largest absolute Gasteiger partial charge is 0.418 e. The molecule has 0 bridgehead atoms. The molecule has 0 aliphatic carbocycles. The molecule has 0 heterocycles. The van der Waals surface area contributed by atoms with Gasteiger partial charge in [0.05, 0.1) is 23.2 Å². The summed E-state index contributed by atoms with van der Waals surface area (Å²) in [6.07, 6.45) is -3.94. The molecule has 1 amide bonds. The van der Waals surface area contributed by atoms with Gasteiger partial charge in [-0.25, -0.2) is 8.42 Å². The van der Waals surface area contributed by atoms with E-state index < -0.39 is 39.9 Å². The maximum absolute atomic E-state index is 13.1. The molecule has 0 unspecified atom stereocenters. The first kappa shape index (κ1) is 22.6. The lowest BCUT2D eigenvalue weighted by atomic mass is 10.1. The number of hydrogen-bond donors (Lipinski definition) is 1. The number of sulfonamides is 1. The van der Waals surface area contributed by atoms with Gasteiger partial charge in [0, 0.05) is 15.1 Å². The highest BCUT2D eigenvalue weighted by atomic mass is 35.5. The van der Waals surface area contributed by atoms with Crippen LogP contribution in [0, 0.1) is 0 Å². The van der Waals surface area contributed by atoms with Crippen molar-refractivity contribution in [3.05, 3.63) is 57.0 Å². The van der Waals surface area contributed by atoms with Crippen molar-refractivity contribution in [2.75, 3.05) is 22.4 Å². The summed E-state index contributed by atoms with van der Waals surface area (Å²) in [7, 11) is -3.97. The second-order valence-electron chi connectivity index (χ2n) is 5.63. The van der Waals surface area contributed by atoms with Crippen LogP contribution in [0.15, 0.2) is 36.4 Å². The van der Waals surface area contributed by atoms with E-state index >= 15 is 0 Å². The zero-order chi connectivity index (χ0) is 21.3. The number of nitrogens with one attached hydrogen (secondary N) is 1. The van der Waals surface area contributed by atoms with Crippen LogP contribution in [0.25, 0.3) is 0 Å². The molecule has 1 N–H and O–H groups in total. The van der Waals surface area contributed by atoms with Crippen LogP contribution in [0.5, 0.6) is 0 Å². The van der Waals surface area contributed by atoms with E-state index in [1.165, 1.54) is 18.2 Å². The number of carbonyl (C=O) groups is 1. The molecule has 12 heteroatoms. The monoisotopic (exact) mass is 474 g/mol. The lowest BCUT2D eigenvalue weighted by Crippen LogP contribution is -2.37. The predicted molar refractivity (Wildman–Crippen MR) is 104 cm³/mol. The van der Waals surface area contributed by atoms with Crippen LogP contribution in [-0.2, 0) is 21.0 Å². The second-order valence-corrected chi connectivity index (χ2v) is 8.85. The lowest BCUT2D eigenvalue weighted by molar-refractivity contribution is -0.137. The van der Waals surface area contributed by atoms with Crippen molar-refractivity contribution in [3.63, 3.8) is 0 Å². The van der Waals surface area contributed by atoms with E-state index in [1.807, 2.05) is 0 Å².